The Morgan fingerprint density at radius 2 is 1.59 bits per heavy atom. The predicted octanol–water partition coefficient (Wildman–Crippen LogP) is 3.78. The molecule has 4 rings (SSSR count). The molecule has 1 aliphatic carbocycles. The van der Waals surface area contributed by atoms with Crippen molar-refractivity contribution in [3.63, 3.8) is 0 Å². The van der Waals surface area contributed by atoms with E-state index in [9.17, 15) is 10.2 Å². The highest BCUT2D eigenvalue weighted by atomic mass is 16.5. The zero-order chi connectivity index (χ0) is 19.2. The van der Waals surface area contributed by atoms with Crippen LogP contribution in [-0.4, -0.2) is 48.0 Å². The fourth-order valence-electron chi connectivity index (χ4n) is 4.26. The number of aliphatic hydroxyl groups is 1. The molecule has 1 heterocycles. The first-order valence-corrected chi connectivity index (χ1v) is 9.79. The van der Waals surface area contributed by atoms with Crippen molar-refractivity contribution in [3.05, 3.63) is 65.7 Å². The maximum absolute atomic E-state index is 10.3. The number of hydrogen-bond donors (Lipinski definition) is 2. The maximum Gasteiger partial charge on any atom is 0.115 e. The number of ether oxygens (including phenoxy) is 1. The summed E-state index contributed by atoms with van der Waals surface area (Å²) >= 11 is 0. The fourth-order valence-corrected chi connectivity index (χ4v) is 4.26. The summed E-state index contributed by atoms with van der Waals surface area (Å²) in [4.78, 5) is 2.36. The molecule has 0 spiro atoms. The molecule has 1 aliphatic heterocycles. The molecule has 0 aromatic heterocycles. The molecule has 2 aromatic carbocycles. The lowest BCUT2D eigenvalue weighted by Gasteiger charge is -2.22. The summed E-state index contributed by atoms with van der Waals surface area (Å²) in [6, 6.07) is 17.1. The number of likely N-dealkylation sites (tertiary alicyclic amines) is 1. The highest BCUT2D eigenvalue weighted by Gasteiger charge is 2.41. The fraction of sp³-hybridized carbons (Fsp3) is 0.478. The third-order valence-electron chi connectivity index (χ3n) is 5.77. The van der Waals surface area contributed by atoms with Crippen molar-refractivity contribution < 1.29 is 14.9 Å². The van der Waals surface area contributed by atoms with Crippen molar-refractivity contribution in [2.75, 3.05) is 26.7 Å². The minimum atomic E-state index is -0.479. The van der Waals surface area contributed by atoms with Crippen LogP contribution >= 0.6 is 0 Å². The quantitative estimate of drug-likeness (QED) is 0.861. The molecular weight excluding hydrogens is 338 g/mol. The van der Waals surface area contributed by atoms with E-state index in [0.717, 1.165) is 43.3 Å². The summed E-state index contributed by atoms with van der Waals surface area (Å²) in [5.74, 6) is 1.70. The number of β-amino-alcohol motifs (C(OH)–C–C–N with tert-alkyl or cyclic N) is 1. The lowest BCUT2D eigenvalue weighted by Crippen LogP contribution is -2.28. The van der Waals surface area contributed by atoms with Crippen LogP contribution < -0.4 is 0 Å². The van der Waals surface area contributed by atoms with E-state index in [1.807, 2.05) is 18.2 Å². The van der Waals surface area contributed by atoms with Crippen molar-refractivity contribution in [1.82, 2.24) is 4.90 Å². The van der Waals surface area contributed by atoms with Crippen molar-refractivity contribution in [1.29, 1.82) is 0 Å². The Bertz CT molecular complexity index is 675. The second-order valence-electron chi connectivity index (χ2n) is 7.83. The molecule has 0 radical (unpaired) electrons. The number of phenolic OH excluding ortho intramolecular Hbond substituents is 1. The van der Waals surface area contributed by atoms with Gasteiger partial charge in [0.05, 0.1) is 12.2 Å². The molecule has 2 aromatic rings. The molecule has 4 nitrogen and oxygen atoms in total. The summed E-state index contributed by atoms with van der Waals surface area (Å²) < 4.78 is 5.45. The van der Waals surface area contributed by atoms with Gasteiger partial charge in [0.25, 0.3) is 0 Å². The lowest BCUT2D eigenvalue weighted by atomic mass is 10.0. The number of phenols is 1. The first-order chi connectivity index (χ1) is 13.0. The lowest BCUT2D eigenvalue weighted by molar-refractivity contribution is 0.0877. The molecule has 27 heavy (non-hydrogen) atoms. The largest absolute Gasteiger partial charge is 0.508 e. The summed E-state index contributed by atoms with van der Waals surface area (Å²) in [6.45, 7) is 4.90. The number of fused-ring (bicyclic) bond motifs is 1. The van der Waals surface area contributed by atoms with Gasteiger partial charge in [-0.05, 0) is 49.3 Å². The van der Waals surface area contributed by atoms with Gasteiger partial charge in [-0.25, -0.2) is 0 Å². The Morgan fingerprint density at radius 3 is 2.07 bits per heavy atom. The third-order valence-corrected chi connectivity index (χ3v) is 5.77. The molecule has 3 unspecified atom stereocenters. The van der Waals surface area contributed by atoms with Gasteiger partial charge >= 0.3 is 0 Å². The molecule has 4 heteroatoms. The molecule has 0 bridgehead atoms. The van der Waals surface area contributed by atoms with Crippen LogP contribution in [0.25, 0.3) is 0 Å². The maximum atomic E-state index is 10.3. The van der Waals surface area contributed by atoms with E-state index in [0.29, 0.717) is 12.6 Å². The molecule has 0 amide bonds. The van der Waals surface area contributed by atoms with Gasteiger partial charge in [-0.2, -0.15) is 0 Å². The van der Waals surface area contributed by atoms with Gasteiger partial charge in [-0.3, -0.25) is 4.90 Å². The van der Waals surface area contributed by atoms with Gasteiger partial charge in [-0.1, -0.05) is 48.0 Å². The van der Waals surface area contributed by atoms with Crippen molar-refractivity contribution in [2.24, 2.45) is 11.8 Å². The van der Waals surface area contributed by atoms with Gasteiger partial charge < -0.3 is 14.9 Å². The third kappa shape index (κ3) is 5.55. The van der Waals surface area contributed by atoms with E-state index < -0.39 is 6.10 Å². The van der Waals surface area contributed by atoms with E-state index in [4.69, 9.17) is 4.74 Å². The van der Waals surface area contributed by atoms with Crippen molar-refractivity contribution in [2.45, 2.75) is 32.0 Å². The Labute approximate surface area is 162 Å². The minimum Gasteiger partial charge on any atom is -0.508 e. The topological polar surface area (TPSA) is 52.9 Å². The number of benzene rings is 2. The summed E-state index contributed by atoms with van der Waals surface area (Å²) in [5, 5.41) is 19.6. The zero-order valence-corrected chi connectivity index (χ0v) is 16.3. The molecule has 146 valence electrons. The number of rotatable bonds is 4. The number of nitrogens with zero attached hydrogens (tertiary/aromatic N) is 1. The van der Waals surface area contributed by atoms with Crippen LogP contribution in [0.15, 0.2) is 54.6 Å². The Balaban J connectivity index is 0.000000253. The van der Waals surface area contributed by atoms with Crippen LogP contribution in [0.5, 0.6) is 5.75 Å². The van der Waals surface area contributed by atoms with Crippen LogP contribution in [0.3, 0.4) is 0 Å². The van der Waals surface area contributed by atoms with E-state index in [1.165, 1.54) is 5.56 Å². The average Bonchev–Trinajstić information content (AvgIpc) is 3.21. The van der Waals surface area contributed by atoms with Gasteiger partial charge in [-0.15, -0.1) is 0 Å². The molecule has 1 saturated heterocycles. The van der Waals surface area contributed by atoms with Gasteiger partial charge in [0.15, 0.2) is 0 Å². The Morgan fingerprint density at radius 1 is 1.00 bits per heavy atom. The van der Waals surface area contributed by atoms with E-state index >= 15 is 0 Å². The first-order valence-electron chi connectivity index (χ1n) is 9.79. The number of aromatic hydroxyl groups is 1. The van der Waals surface area contributed by atoms with Crippen LogP contribution in [-0.2, 0) is 4.74 Å². The predicted molar refractivity (Wildman–Crippen MR) is 108 cm³/mol. The number of aryl methyl sites for hydroxylation is 1. The van der Waals surface area contributed by atoms with Crippen LogP contribution in [0.2, 0.25) is 0 Å². The van der Waals surface area contributed by atoms with E-state index in [1.54, 1.807) is 31.4 Å². The first kappa shape index (κ1) is 19.9. The Hall–Kier alpha value is -1.88. The van der Waals surface area contributed by atoms with Crippen molar-refractivity contribution >= 4 is 0 Å². The number of methoxy groups -OCH3 is 1. The molecular formula is C23H31NO3. The highest BCUT2D eigenvalue weighted by Crippen LogP contribution is 2.39. The molecule has 2 aliphatic rings. The molecule has 2 fully saturated rings. The van der Waals surface area contributed by atoms with Crippen LogP contribution in [0.1, 0.15) is 30.1 Å². The van der Waals surface area contributed by atoms with E-state index in [2.05, 4.69) is 24.0 Å². The summed E-state index contributed by atoms with van der Waals surface area (Å²) in [5.41, 5.74) is 2.19. The molecule has 1 saturated carbocycles. The van der Waals surface area contributed by atoms with Crippen LogP contribution in [0.4, 0.5) is 0 Å². The SMILES string of the molecule is COC1CC2CN(CC(O)c3ccc(O)cc3)CC2C1.Cc1ccccc1. The normalized spacial score (nSPS) is 25.5. The smallest absolute Gasteiger partial charge is 0.115 e. The molecule has 3 atom stereocenters. The monoisotopic (exact) mass is 369 g/mol. The second kappa shape index (κ2) is 9.36. The zero-order valence-electron chi connectivity index (χ0n) is 16.3. The molecule has 2 N–H and O–H groups in total. The van der Waals surface area contributed by atoms with Gasteiger partial charge in [0.2, 0.25) is 0 Å². The second-order valence-corrected chi connectivity index (χ2v) is 7.83. The average molecular weight is 370 g/mol. The van der Waals surface area contributed by atoms with E-state index in [-0.39, 0.29) is 5.75 Å². The standard InChI is InChI=1S/C16H23NO3.C7H8/c1-20-15-6-12-8-17(9-13(12)7-15)10-16(19)11-2-4-14(18)5-3-11;1-7-5-3-2-4-6-7/h2-5,12-13,15-16,18-19H,6-10H2,1H3;2-6H,1H3. The van der Waals surface area contributed by atoms with Crippen LogP contribution in [0, 0.1) is 18.8 Å². The van der Waals surface area contributed by atoms with Crippen molar-refractivity contribution in [3.8, 4) is 5.75 Å². The number of hydrogen-bond acceptors (Lipinski definition) is 4. The highest BCUT2D eigenvalue weighted by molar-refractivity contribution is 5.27. The van der Waals surface area contributed by atoms with Gasteiger partial charge in [0.1, 0.15) is 5.75 Å². The number of aliphatic hydroxyl groups excluding tert-OH is 1. The summed E-state index contributed by atoms with van der Waals surface area (Å²) in [7, 11) is 1.80. The Kier molecular flexibility index (Phi) is 6.89. The minimum absolute atomic E-state index is 0.238. The summed E-state index contributed by atoms with van der Waals surface area (Å²) in [6.07, 6.45) is 2.28. The van der Waals surface area contributed by atoms with Gasteiger partial charge in [0, 0.05) is 26.7 Å².